The summed E-state index contributed by atoms with van der Waals surface area (Å²) >= 11 is 1.37. The highest BCUT2D eigenvalue weighted by Crippen LogP contribution is 2.34. The van der Waals surface area contributed by atoms with Gasteiger partial charge < -0.3 is 19.5 Å². The predicted molar refractivity (Wildman–Crippen MR) is 111 cm³/mol. The molecule has 6 nitrogen and oxygen atoms in total. The Labute approximate surface area is 168 Å². The summed E-state index contributed by atoms with van der Waals surface area (Å²) in [4.78, 5) is 16.8. The number of nitrogens with one attached hydrogen (secondary N) is 1. The zero-order valence-electron chi connectivity index (χ0n) is 16.0. The maximum absolute atomic E-state index is 12.3. The average molecular weight is 398 g/mol. The number of ether oxygens (including phenoxy) is 3. The Morgan fingerprint density at radius 2 is 1.82 bits per heavy atom. The van der Waals surface area contributed by atoms with Crippen molar-refractivity contribution in [2.24, 2.45) is 0 Å². The van der Waals surface area contributed by atoms with Crippen LogP contribution in [0.25, 0.3) is 11.3 Å². The fourth-order valence-electron chi connectivity index (χ4n) is 2.68. The monoisotopic (exact) mass is 398 g/mol. The standard InChI is InChI=1S/C21H22N2O4S/c1-4-27-15-7-5-14(6-8-15)11-20(24)23-21-22-18(13-28-21)17-10-9-16(25-2)12-19(17)26-3/h5-10,12-13H,4,11H2,1-3H3,(H,22,23,24). The number of hydrogen-bond donors (Lipinski definition) is 1. The van der Waals surface area contributed by atoms with Crippen molar-refractivity contribution in [1.29, 1.82) is 0 Å². The summed E-state index contributed by atoms with van der Waals surface area (Å²) in [6.07, 6.45) is 0.271. The molecule has 0 saturated heterocycles. The molecule has 0 aliphatic heterocycles. The van der Waals surface area contributed by atoms with Gasteiger partial charge in [0.25, 0.3) is 0 Å². The maximum atomic E-state index is 12.3. The molecule has 0 saturated carbocycles. The van der Waals surface area contributed by atoms with Gasteiger partial charge in [-0.15, -0.1) is 11.3 Å². The molecule has 1 aromatic heterocycles. The Balaban J connectivity index is 1.66. The molecule has 146 valence electrons. The van der Waals surface area contributed by atoms with Gasteiger partial charge in [0.1, 0.15) is 17.2 Å². The quantitative estimate of drug-likeness (QED) is 0.609. The smallest absolute Gasteiger partial charge is 0.230 e. The first-order valence-corrected chi connectivity index (χ1v) is 9.70. The van der Waals surface area contributed by atoms with Crippen LogP contribution in [-0.2, 0) is 11.2 Å². The molecule has 7 heteroatoms. The minimum absolute atomic E-state index is 0.119. The van der Waals surface area contributed by atoms with Crippen LogP contribution in [0, 0.1) is 0 Å². The second-order valence-electron chi connectivity index (χ2n) is 5.91. The van der Waals surface area contributed by atoms with E-state index in [1.807, 2.05) is 48.7 Å². The van der Waals surface area contributed by atoms with Gasteiger partial charge in [-0.3, -0.25) is 4.79 Å². The number of hydrogen-bond acceptors (Lipinski definition) is 6. The molecule has 0 atom stereocenters. The lowest BCUT2D eigenvalue weighted by atomic mass is 10.1. The van der Waals surface area contributed by atoms with Crippen LogP contribution in [0.15, 0.2) is 47.8 Å². The van der Waals surface area contributed by atoms with Gasteiger partial charge in [0, 0.05) is 17.0 Å². The van der Waals surface area contributed by atoms with Crippen molar-refractivity contribution in [2.45, 2.75) is 13.3 Å². The fourth-order valence-corrected chi connectivity index (χ4v) is 3.41. The molecule has 0 aliphatic rings. The Morgan fingerprint density at radius 1 is 1.07 bits per heavy atom. The van der Waals surface area contributed by atoms with Gasteiger partial charge in [0.15, 0.2) is 5.13 Å². The van der Waals surface area contributed by atoms with E-state index in [4.69, 9.17) is 14.2 Å². The van der Waals surface area contributed by atoms with Gasteiger partial charge >= 0.3 is 0 Å². The molecule has 1 amide bonds. The summed E-state index contributed by atoms with van der Waals surface area (Å²) in [7, 11) is 3.21. The van der Waals surface area contributed by atoms with Crippen LogP contribution in [-0.4, -0.2) is 31.7 Å². The minimum atomic E-state index is -0.119. The van der Waals surface area contributed by atoms with E-state index >= 15 is 0 Å². The largest absolute Gasteiger partial charge is 0.497 e. The van der Waals surface area contributed by atoms with Crippen LogP contribution in [0.2, 0.25) is 0 Å². The number of thiazole rings is 1. The first-order chi connectivity index (χ1) is 13.6. The van der Waals surface area contributed by atoms with Crippen LogP contribution in [0.3, 0.4) is 0 Å². The predicted octanol–water partition coefficient (Wildman–Crippen LogP) is 4.41. The lowest BCUT2D eigenvalue weighted by molar-refractivity contribution is -0.115. The number of nitrogens with zero attached hydrogens (tertiary/aromatic N) is 1. The molecule has 0 aliphatic carbocycles. The molecule has 0 bridgehead atoms. The molecule has 0 fully saturated rings. The number of carbonyl (C=O) groups excluding carboxylic acids is 1. The molecular weight excluding hydrogens is 376 g/mol. The van der Waals surface area contributed by atoms with E-state index in [1.54, 1.807) is 20.3 Å². The third-order valence-corrected chi connectivity index (χ3v) is 4.79. The lowest BCUT2D eigenvalue weighted by Crippen LogP contribution is -2.14. The van der Waals surface area contributed by atoms with Crippen LogP contribution in [0.4, 0.5) is 5.13 Å². The van der Waals surface area contributed by atoms with Crippen molar-refractivity contribution in [3.05, 3.63) is 53.4 Å². The number of rotatable bonds is 8. The van der Waals surface area contributed by atoms with Crippen molar-refractivity contribution in [3.63, 3.8) is 0 Å². The van der Waals surface area contributed by atoms with E-state index < -0.39 is 0 Å². The van der Waals surface area contributed by atoms with Gasteiger partial charge in [0.2, 0.25) is 5.91 Å². The fraction of sp³-hybridized carbons (Fsp3) is 0.238. The first kappa shape index (κ1) is 19.7. The summed E-state index contributed by atoms with van der Waals surface area (Å²) in [5.74, 6) is 2.05. The van der Waals surface area contributed by atoms with E-state index in [0.29, 0.717) is 23.2 Å². The summed E-state index contributed by atoms with van der Waals surface area (Å²) in [6.45, 7) is 2.55. The number of carbonyl (C=O) groups is 1. The highest BCUT2D eigenvalue weighted by atomic mass is 32.1. The Hall–Kier alpha value is -3.06. The van der Waals surface area contributed by atoms with Crippen LogP contribution in [0.5, 0.6) is 17.2 Å². The van der Waals surface area contributed by atoms with Crippen molar-refractivity contribution in [1.82, 2.24) is 4.98 Å². The van der Waals surface area contributed by atoms with Gasteiger partial charge in [-0.25, -0.2) is 4.98 Å². The molecule has 0 unspecified atom stereocenters. The van der Waals surface area contributed by atoms with Gasteiger partial charge in [0.05, 0.1) is 32.9 Å². The van der Waals surface area contributed by atoms with E-state index in [1.165, 1.54) is 11.3 Å². The lowest BCUT2D eigenvalue weighted by Gasteiger charge is -2.08. The van der Waals surface area contributed by atoms with E-state index in [-0.39, 0.29) is 12.3 Å². The number of anilines is 1. The van der Waals surface area contributed by atoms with Crippen molar-refractivity contribution in [3.8, 4) is 28.5 Å². The number of aromatic nitrogens is 1. The summed E-state index contributed by atoms with van der Waals surface area (Å²) in [6, 6.07) is 13.0. The average Bonchev–Trinajstić information content (AvgIpc) is 3.17. The molecule has 2 aromatic carbocycles. The number of methoxy groups -OCH3 is 2. The molecule has 0 radical (unpaired) electrons. The van der Waals surface area contributed by atoms with Crippen LogP contribution in [0.1, 0.15) is 12.5 Å². The summed E-state index contributed by atoms with van der Waals surface area (Å²) in [5, 5.41) is 5.28. The maximum Gasteiger partial charge on any atom is 0.230 e. The SMILES string of the molecule is CCOc1ccc(CC(=O)Nc2nc(-c3ccc(OC)cc3OC)cs2)cc1. The Bertz CT molecular complexity index is 938. The van der Waals surface area contributed by atoms with Crippen LogP contribution >= 0.6 is 11.3 Å². The highest BCUT2D eigenvalue weighted by molar-refractivity contribution is 7.14. The number of amides is 1. The number of benzene rings is 2. The molecule has 3 rings (SSSR count). The minimum Gasteiger partial charge on any atom is -0.497 e. The van der Waals surface area contributed by atoms with Gasteiger partial charge in [-0.1, -0.05) is 12.1 Å². The Morgan fingerprint density at radius 3 is 2.50 bits per heavy atom. The van der Waals surface area contributed by atoms with Crippen LogP contribution < -0.4 is 19.5 Å². The summed E-state index contributed by atoms with van der Waals surface area (Å²) in [5.41, 5.74) is 2.49. The second kappa shape index (κ2) is 9.23. The third-order valence-electron chi connectivity index (χ3n) is 4.03. The van der Waals surface area contributed by atoms with Crippen molar-refractivity contribution >= 4 is 22.4 Å². The molecule has 28 heavy (non-hydrogen) atoms. The topological polar surface area (TPSA) is 69.7 Å². The normalized spacial score (nSPS) is 10.4. The zero-order valence-corrected chi connectivity index (χ0v) is 16.8. The van der Waals surface area contributed by atoms with Crippen molar-refractivity contribution < 1.29 is 19.0 Å². The zero-order chi connectivity index (χ0) is 19.9. The Kier molecular flexibility index (Phi) is 6.49. The molecular formula is C21H22N2O4S. The van der Waals surface area contributed by atoms with Gasteiger partial charge in [-0.05, 0) is 36.8 Å². The summed E-state index contributed by atoms with van der Waals surface area (Å²) < 4.78 is 16.1. The van der Waals surface area contributed by atoms with E-state index in [0.717, 1.165) is 22.6 Å². The first-order valence-electron chi connectivity index (χ1n) is 8.82. The molecule has 0 spiro atoms. The van der Waals surface area contributed by atoms with E-state index in [9.17, 15) is 4.79 Å². The third kappa shape index (κ3) is 4.80. The molecule has 1 heterocycles. The second-order valence-corrected chi connectivity index (χ2v) is 6.76. The molecule has 3 aromatic rings. The van der Waals surface area contributed by atoms with Crippen molar-refractivity contribution in [2.75, 3.05) is 26.1 Å². The van der Waals surface area contributed by atoms with Gasteiger partial charge in [-0.2, -0.15) is 0 Å². The molecule has 1 N–H and O–H groups in total. The highest BCUT2D eigenvalue weighted by Gasteiger charge is 2.13. The van der Waals surface area contributed by atoms with E-state index in [2.05, 4.69) is 10.3 Å².